The van der Waals surface area contributed by atoms with E-state index < -0.39 is 0 Å². The molecule has 0 aliphatic heterocycles. The molecule has 3 nitrogen and oxygen atoms in total. The Hall–Kier alpha value is -0.390. The van der Waals surface area contributed by atoms with Crippen LogP contribution in [0.25, 0.3) is 0 Å². The Morgan fingerprint density at radius 1 is 1.50 bits per heavy atom. The Labute approximate surface area is 127 Å². The Morgan fingerprint density at radius 3 is 2.78 bits per heavy atom. The van der Waals surface area contributed by atoms with Gasteiger partial charge in [-0.05, 0) is 43.0 Å². The molecule has 0 unspecified atom stereocenters. The first-order valence-corrected chi connectivity index (χ1v) is 7.57. The van der Waals surface area contributed by atoms with Crippen molar-refractivity contribution in [3.8, 4) is 0 Å². The molecule has 0 bridgehead atoms. The summed E-state index contributed by atoms with van der Waals surface area (Å²) in [6.07, 6.45) is 3.46. The fourth-order valence-electron chi connectivity index (χ4n) is 1.45. The number of nitrogens with two attached hydrogens (primary N) is 1. The standard InChI is InChI=1S/C12H17BrN2OS.ClH/c1-8-6-9(13)7-10(12(8)14)15-11(16)4-3-5-17-2;/h6-7H,3-5,14H2,1-2H3,(H,15,16);1H. The van der Waals surface area contributed by atoms with E-state index in [9.17, 15) is 4.79 Å². The molecule has 0 saturated heterocycles. The highest BCUT2D eigenvalue weighted by atomic mass is 79.9. The number of nitrogen functional groups attached to an aromatic ring is 1. The average Bonchev–Trinajstić information content (AvgIpc) is 2.25. The molecule has 18 heavy (non-hydrogen) atoms. The first-order valence-electron chi connectivity index (χ1n) is 5.39. The lowest BCUT2D eigenvalue weighted by molar-refractivity contribution is -0.116. The normalized spacial score (nSPS) is 9.72. The number of nitrogens with one attached hydrogen (secondary N) is 1. The molecule has 1 rings (SSSR count). The molecule has 0 fully saturated rings. The second kappa shape index (κ2) is 8.67. The van der Waals surface area contributed by atoms with E-state index in [0.29, 0.717) is 17.8 Å². The average molecular weight is 354 g/mol. The van der Waals surface area contributed by atoms with E-state index in [2.05, 4.69) is 21.2 Å². The number of hydrogen-bond donors (Lipinski definition) is 2. The number of amides is 1. The second-order valence-electron chi connectivity index (χ2n) is 3.83. The van der Waals surface area contributed by atoms with Gasteiger partial charge in [0.15, 0.2) is 0 Å². The molecule has 0 radical (unpaired) electrons. The zero-order chi connectivity index (χ0) is 12.8. The Bertz CT molecular complexity index is 415. The van der Waals surface area contributed by atoms with Crippen LogP contribution in [0.5, 0.6) is 0 Å². The van der Waals surface area contributed by atoms with Crippen LogP contribution in [0.15, 0.2) is 16.6 Å². The summed E-state index contributed by atoms with van der Waals surface area (Å²) in [6, 6.07) is 3.76. The van der Waals surface area contributed by atoms with Gasteiger partial charge in [-0.1, -0.05) is 15.9 Å². The number of thioether (sulfide) groups is 1. The van der Waals surface area contributed by atoms with Gasteiger partial charge in [-0.2, -0.15) is 11.8 Å². The molecular weight excluding hydrogens is 336 g/mol. The van der Waals surface area contributed by atoms with Crippen molar-refractivity contribution in [3.05, 3.63) is 22.2 Å². The molecule has 0 heterocycles. The maximum atomic E-state index is 11.7. The summed E-state index contributed by atoms with van der Waals surface area (Å²) < 4.78 is 0.920. The summed E-state index contributed by atoms with van der Waals surface area (Å²) >= 11 is 5.14. The molecule has 0 aromatic heterocycles. The van der Waals surface area contributed by atoms with E-state index in [1.54, 1.807) is 11.8 Å². The van der Waals surface area contributed by atoms with Crippen LogP contribution in [0.2, 0.25) is 0 Å². The lowest BCUT2D eigenvalue weighted by Gasteiger charge is -2.11. The van der Waals surface area contributed by atoms with Gasteiger partial charge < -0.3 is 11.1 Å². The van der Waals surface area contributed by atoms with E-state index in [1.807, 2.05) is 25.3 Å². The molecule has 3 N–H and O–H groups in total. The molecular formula is C12H18BrClN2OS. The number of hydrogen-bond acceptors (Lipinski definition) is 3. The Morgan fingerprint density at radius 2 is 2.17 bits per heavy atom. The van der Waals surface area contributed by atoms with Crippen LogP contribution in [-0.4, -0.2) is 17.9 Å². The minimum absolute atomic E-state index is 0. The highest BCUT2D eigenvalue weighted by Gasteiger charge is 2.07. The van der Waals surface area contributed by atoms with Crippen LogP contribution < -0.4 is 11.1 Å². The van der Waals surface area contributed by atoms with Crippen molar-refractivity contribution in [2.24, 2.45) is 0 Å². The minimum Gasteiger partial charge on any atom is -0.397 e. The third kappa shape index (κ3) is 5.50. The number of rotatable bonds is 5. The van der Waals surface area contributed by atoms with Gasteiger partial charge in [0.1, 0.15) is 0 Å². The third-order valence-electron chi connectivity index (χ3n) is 2.38. The summed E-state index contributed by atoms with van der Waals surface area (Å²) in [7, 11) is 0. The maximum Gasteiger partial charge on any atom is 0.224 e. The zero-order valence-corrected chi connectivity index (χ0v) is 13.7. The zero-order valence-electron chi connectivity index (χ0n) is 10.5. The fourth-order valence-corrected chi connectivity index (χ4v) is 2.45. The number of carbonyl (C=O) groups is 1. The summed E-state index contributed by atoms with van der Waals surface area (Å²) in [5.41, 5.74) is 8.19. The van der Waals surface area contributed by atoms with Gasteiger partial charge in [0.05, 0.1) is 11.4 Å². The Kier molecular flexibility index (Phi) is 8.48. The van der Waals surface area contributed by atoms with E-state index in [-0.39, 0.29) is 18.3 Å². The SMILES string of the molecule is CSCCCC(=O)Nc1cc(Br)cc(C)c1N.Cl. The molecule has 1 aromatic carbocycles. The van der Waals surface area contributed by atoms with Gasteiger partial charge in [-0.15, -0.1) is 12.4 Å². The number of aryl methyl sites for hydroxylation is 1. The topological polar surface area (TPSA) is 55.1 Å². The molecule has 1 aromatic rings. The number of anilines is 2. The van der Waals surface area contributed by atoms with Crippen LogP contribution >= 0.6 is 40.1 Å². The molecule has 0 saturated carbocycles. The van der Waals surface area contributed by atoms with Gasteiger partial charge in [-0.3, -0.25) is 4.79 Å². The fraction of sp³-hybridized carbons (Fsp3) is 0.417. The summed E-state index contributed by atoms with van der Waals surface area (Å²) in [4.78, 5) is 11.7. The van der Waals surface area contributed by atoms with E-state index in [0.717, 1.165) is 22.2 Å². The molecule has 0 atom stereocenters. The summed E-state index contributed by atoms with van der Waals surface area (Å²) in [5.74, 6) is 1.02. The van der Waals surface area contributed by atoms with Crippen molar-refractivity contribution >= 4 is 57.4 Å². The van der Waals surface area contributed by atoms with Gasteiger partial charge in [0.25, 0.3) is 0 Å². The van der Waals surface area contributed by atoms with Crippen molar-refractivity contribution in [3.63, 3.8) is 0 Å². The van der Waals surface area contributed by atoms with Crippen LogP contribution in [0.3, 0.4) is 0 Å². The van der Waals surface area contributed by atoms with Crippen LogP contribution in [0.1, 0.15) is 18.4 Å². The lowest BCUT2D eigenvalue weighted by atomic mass is 10.1. The smallest absolute Gasteiger partial charge is 0.224 e. The highest BCUT2D eigenvalue weighted by Crippen LogP contribution is 2.27. The number of halogens is 2. The van der Waals surface area contributed by atoms with Crippen LogP contribution in [0, 0.1) is 6.92 Å². The predicted molar refractivity (Wildman–Crippen MR) is 86.8 cm³/mol. The largest absolute Gasteiger partial charge is 0.397 e. The van der Waals surface area contributed by atoms with Gasteiger partial charge in [-0.25, -0.2) is 0 Å². The van der Waals surface area contributed by atoms with Crippen molar-refractivity contribution in [2.75, 3.05) is 23.1 Å². The lowest BCUT2D eigenvalue weighted by Crippen LogP contribution is -2.13. The van der Waals surface area contributed by atoms with E-state index in [4.69, 9.17) is 5.73 Å². The van der Waals surface area contributed by atoms with Crippen molar-refractivity contribution in [1.82, 2.24) is 0 Å². The van der Waals surface area contributed by atoms with E-state index >= 15 is 0 Å². The molecule has 102 valence electrons. The molecule has 0 aliphatic rings. The van der Waals surface area contributed by atoms with Crippen LogP contribution in [0.4, 0.5) is 11.4 Å². The monoisotopic (exact) mass is 352 g/mol. The second-order valence-corrected chi connectivity index (χ2v) is 5.73. The predicted octanol–water partition coefficient (Wildman–Crippen LogP) is 3.84. The number of carbonyl (C=O) groups excluding carboxylic acids is 1. The van der Waals surface area contributed by atoms with Gasteiger partial charge >= 0.3 is 0 Å². The third-order valence-corrected chi connectivity index (χ3v) is 3.53. The van der Waals surface area contributed by atoms with Crippen molar-refractivity contribution < 1.29 is 4.79 Å². The van der Waals surface area contributed by atoms with Gasteiger partial charge in [0, 0.05) is 10.9 Å². The summed E-state index contributed by atoms with van der Waals surface area (Å²) in [6.45, 7) is 1.92. The first kappa shape index (κ1) is 17.6. The van der Waals surface area contributed by atoms with Crippen molar-refractivity contribution in [2.45, 2.75) is 19.8 Å². The van der Waals surface area contributed by atoms with Gasteiger partial charge in [0.2, 0.25) is 5.91 Å². The Balaban J connectivity index is 0.00000289. The number of benzene rings is 1. The molecule has 1 amide bonds. The summed E-state index contributed by atoms with van der Waals surface area (Å²) in [5, 5.41) is 2.85. The van der Waals surface area contributed by atoms with E-state index in [1.165, 1.54) is 0 Å². The van der Waals surface area contributed by atoms with Crippen molar-refractivity contribution in [1.29, 1.82) is 0 Å². The molecule has 0 aliphatic carbocycles. The highest BCUT2D eigenvalue weighted by molar-refractivity contribution is 9.10. The minimum atomic E-state index is 0. The van der Waals surface area contributed by atoms with Crippen LogP contribution in [-0.2, 0) is 4.79 Å². The molecule has 0 spiro atoms. The first-order chi connectivity index (χ1) is 8.04. The maximum absolute atomic E-state index is 11.7. The quantitative estimate of drug-likeness (QED) is 0.624. The molecule has 6 heteroatoms.